The summed E-state index contributed by atoms with van der Waals surface area (Å²) < 4.78 is 1.94. The number of aryl methyl sites for hydroxylation is 2. The van der Waals surface area contributed by atoms with Crippen molar-refractivity contribution in [3.8, 4) is 0 Å². The molecule has 0 aromatic carbocycles. The first kappa shape index (κ1) is 7.32. The molecule has 0 saturated carbocycles. The van der Waals surface area contributed by atoms with Gasteiger partial charge in [-0.2, -0.15) is 5.10 Å². The molecule has 1 rings (SSSR count). The molecule has 1 heterocycles. The molecule has 0 aliphatic carbocycles. The van der Waals surface area contributed by atoms with Crippen LogP contribution in [0.25, 0.3) is 0 Å². The zero-order valence-electron chi connectivity index (χ0n) is 7.05. The van der Waals surface area contributed by atoms with Crippen LogP contribution in [0.3, 0.4) is 0 Å². The first-order valence-electron chi connectivity index (χ1n) is 3.61. The third-order valence-electron chi connectivity index (χ3n) is 1.72. The van der Waals surface area contributed by atoms with E-state index in [1.165, 1.54) is 11.3 Å². The van der Waals surface area contributed by atoms with Crippen molar-refractivity contribution in [1.29, 1.82) is 0 Å². The molecule has 0 N–H and O–H groups in total. The molecule has 2 nitrogen and oxygen atoms in total. The van der Waals surface area contributed by atoms with E-state index in [-0.39, 0.29) is 0 Å². The highest BCUT2D eigenvalue weighted by atomic mass is 15.3. The van der Waals surface area contributed by atoms with Crippen molar-refractivity contribution >= 4 is 0 Å². The lowest BCUT2D eigenvalue weighted by molar-refractivity contribution is 0.666. The van der Waals surface area contributed by atoms with Gasteiger partial charge in [-0.1, -0.05) is 13.8 Å². The topological polar surface area (TPSA) is 17.8 Å². The lowest BCUT2D eigenvalue weighted by Crippen LogP contribution is -2.00. The third-order valence-corrected chi connectivity index (χ3v) is 1.72. The molecule has 56 valence electrons. The molecular formula is C8H14N2. The second-order valence-electron chi connectivity index (χ2n) is 2.99. The molecule has 0 radical (unpaired) electrons. The van der Waals surface area contributed by atoms with Crippen molar-refractivity contribution in [3.63, 3.8) is 0 Å². The van der Waals surface area contributed by atoms with Gasteiger partial charge in [0.1, 0.15) is 0 Å². The number of rotatable bonds is 1. The predicted molar refractivity (Wildman–Crippen MR) is 42.0 cm³/mol. The first-order valence-corrected chi connectivity index (χ1v) is 3.61. The Morgan fingerprint density at radius 1 is 1.50 bits per heavy atom. The van der Waals surface area contributed by atoms with E-state index in [0.717, 1.165) is 0 Å². The molecule has 0 saturated heterocycles. The smallest absolute Gasteiger partial charge is 0.0521 e. The molecule has 0 amide bonds. The van der Waals surface area contributed by atoms with E-state index < -0.39 is 0 Å². The Bertz CT molecular complexity index is 204. The molecule has 0 bridgehead atoms. The van der Waals surface area contributed by atoms with Crippen molar-refractivity contribution in [2.24, 2.45) is 7.05 Å². The van der Waals surface area contributed by atoms with Gasteiger partial charge in [-0.05, 0) is 18.4 Å². The second kappa shape index (κ2) is 2.45. The maximum Gasteiger partial charge on any atom is 0.0521 e. The summed E-state index contributed by atoms with van der Waals surface area (Å²) in [5.41, 5.74) is 2.62. The van der Waals surface area contributed by atoms with Crippen molar-refractivity contribution in [3.05, 3.63) is 17.5 Å². The van der Waals surface area contributed by atoms with Gasteiger partial charge in [0.25, 0.3) is 0 Å². The molecule has 0 aliphatic heterocycles. The van der Waals surface area contributed by atoms with Gasteiger partial charge >= 0.3 is 0 Å². The number of hydrogen-bond acceptors (Lipinski definition) is 1. The van der Waals surface area contributed by atoms with Crippen LogP contribution in [0.1, 0.15) is 31.0 Å². The van der Waals surface area contributed by atoms with Gasteiger partial charge in [-0.15, -0.1) is 0 Å². The lowest BCUT2D eigenvalue weighted by Gasteiger charge is -2.05. The molecular weight excluding hydrogens is 124 g/mol. The van der Waals surface area contributed by atoms with Crippen LogP contribution in [0.2, 0.25) is 0 Å². The summed E-state index contributed by atoms with van der Waals surface area (Å²) in [5.74, 6) is 0.576. The molecule has 1 aromatic heterocycles. The Labute approximate surface area is 61.9 Å². The molecule has 0 aliphatic rings. The van der Waals surface area contributed by atoms with Crippen LogP contribution in [0.5, 0.6) is 0 Å². The summed E-state index contributed by atoms with van der Waals surface area (Å²) in [5, 5.41) is 4.15. The zero-order chi connectivity index (χ0) is 7.72. The summed E-state index contributed by atoms with van der Waals surface area (Å²) >= 11 is 0. The van der Waals surface area contributed by atoms with Gasteiger partial charge in [-0.3, -0.25) is 4.68 Å². The normalized spacial score (nSPS) is 10.9. The molecule has 0 fully saturated rings. The van der Waals surface area contributed by atoms with Gasteiger partial charge in [0.15, 0.2) is 0 Å². The highest BCUT2D eigenvalue weighted by Crippen LogP contribution is 2.16. The zero-order valence-corrected chi connectivity index (χ0v) is 7.05. The highest BCUT2D eigenvalue weighted by Gasteiger charge is 2.06. The fourth-order valence-corrected chi connectivity index (χ4v) is 1.39. The van der Waals surface area contributed by atoms with Gasteiger partial charge in [0.2, 0.25) is 0 Å². The van der Waals surface area contributed by atoms with Crippen LogP contribution in [0.15, 0.2) is 6.20 Å². The summed E-state index contributed by atoms with van der Waals surface area (Å²) in [7, 11) is 1.99. The largest absolute Gasteiger partial charge is 0.272 e. The number of hydrogen-bond donors (Lipinski definition) is 0. The lowest BCUT2D eigenvalue weighted by atomic mass is 10.1. The predicted octanol–water partition coefficient (Wildman–Crippen LogP) is 1.85. The minimum atomic E-state index is 0.576. The molecule has 10 heavy (non-hydrogen) atoms. The third kappa shape index (κ3) is 1.06. The van der Waals surface area contributed by atoms with Gasteiger partial charge in [0.05, 0.1) is 6.20 Å². The van der Waals surface area contributed by atoms with E-state index in [0.29, 0.717) is 5.92 Å². The van der Waals surface area contributed by atoms with E-state index in [2.05, 4.69) is 25.9 Å². The standard InChI is InChI=1S/C8H14N2/c1-6(2)8-7(3)5-9-10(8)4/h5-6H,1-4H3. The van der Waals surface area contributed by atoms with Crippen molar-refractivity contribution in [2.75, 3.05) is 0 Å². The van der Waals surface area contributed by atoms with Gasteiger partial charge in [0, 0.05) is 12.7 Å². The van der Waals surface area contributed by atoms with Crippen LogP contribution in [0, 0.1) is 6.92 Å². The van der Waals surface area contributed by atoms with Crippen LogP contribution < -0.4 is 0 Å². The minimum Gasteiger partial charge on any atom is -0.272 e. The first-order chi connectivity index (χ1) is 4.63. The van der Waals surface area contributed by atoms with E-state index in [1.807, 2.05) is 17.9 Å². The fourth-order valence-electron chi connectivity index (χ4n) is 1.39. The van der Waals surface area contributed by atoms with Crippen molar-refractivity contribution in [2.45, 2.75) is 26.7 Å². The van der Waals surface area contributed by atoms with Crippen LogP contribution in [-0.4, -0.2) is 9.78 Å². The molecule has 2 heteroatoms. The molecule has 0 unspecified atom stereocenters. The van der Waals surface area contributed by atoms with Gasteiger partial charge < -0.3 is 0 Å². The van der Waals surface area contributed by atoms with E-state index in [1.54, 1.807) is 0 Å². The summed E-state index contributed by atoms with van der Waals surface area (Å²) in [6.45, 7) is 6.47. The SMILES string of the molecule is Cc1cnn(C)c1C(C)C. The average Bonchev–Trinajstić information content (AvgIpc) is 2.11. The summed E-state index contributed by atoms with van der Waals surface area (Å²) in [6.07, 6.45) is 1.91. The van der Waals surface area contributed by atoms with Gasteiger partial charge in [-0.25, -0.2) is 0 Å². The highest BCUT2D eigenvalue weighted by molar-refractivity contribution is 5.18. The average molecular weight is 138 g/mol. The van der Waals surface area contributed by atoms with E-state index in [4.69, 9.17) is 0 Å². The molecule has 1 aromatic rings. The maximum absolute atomic E-state index is 4.15. The van der Waals surface area contributed by atoms with Crippen molar-refractivity contribution < 1.29 is 0 Å². The summed E-state index contributed by atoms with van der Waals surface area (Å²) in [6, 6.07) is 0. The Balaban J connectivity index is 3.10. The molecule has 0 atom stereocenters. The molecule has 0 spiro atoms. The number of nitrogens with zero attached hydrogens (tertiary/aromatic N) is 2. The fraction of sp³-hybridized carbons (Fsp3) is 0.625. The minimum absolute atomic E-state index is 0.576. The Morgan fingerprint density at radius 3 is 2.30 bits per heavy atom. The quantitative estimate of drug-likeness (QED) is 0.579. The summed E-state index contributed by atoms with van der Waals surface area (Å²) in [4.78, 5) is 0. The second-order valence-corrected chi connectivity index (χ2v) is 2.99. The van der Waals surface area contributed by atoms with E-state index >= 15 is 0 Å². The number of aromatic nitrogens is 2. The van der Waals surface area contributed by atoms with E-state index in [9.17, 15) is 0 Å². The Kier molecular flexibility index (Phi) is 1.79. The van der Waals surface area contributed by atoms with Crippen molar-refractivity contribution in [1.82, 2.24) is 9.78 Å². The van der Waals surface area contributed by atoms with Crippen LogP contribution >= 0.6 is 0 Å². The monoisotopic (exact) mass is 138 g/mol. The van der Waals surface area contributed by atoms with Crippen LogP contribution in [0.4, 0.5) is 0 Å². The Hall–Kier alpha value is -0.790. The maximum atomic E-state index is 4.15. The van der Waals surface area contributed by atoms with Crippen LogP contribution in [-0.2, 0) is 7.05 Å². The Morgan fingerprint density at radius 2 is 2.10 bits per heavy atom.